The second-order valence-electron chi connectivity index (χ2n) is 3.57. The number of rotatable bonds is 4. The zero-order chi connectivity index (χ0) is 14.7. The van der Waals surface area contributed by atoms with Crippen LogP contribution >= 0.6 is 11.6 Å². The Morgan fingerprint density at radius 2 is 2.05 bits per heavy atom. The Hall–Kier alpha value is -2.52. The molecule has 1 heterocycles. The third-order valence-electron chi connectivity index (χ3n) is 2.33. The summed E-state index contributed by atoms with van der Waals surface area (Å²) < 4.78 is 12.9. The van der Waals surface area contributed by atoms with Crippen LogP contribution in [0.25, 0.3) is 0 Å². The van der Waals surface area contributed by atoms with E-state index in [0.29, 0.717) is 0 Å². The SMILES string of the molecule is NNc1ncnc(Nc2ccc(F)cc2Cl)c1[N+](=O)[O-]. The minimum absolute atomic E-state index is 0.0557. The van der Waals surface area contributed by atoms with E-state index in [2.05, 4.69) is 20.7 Å². The number of hydrazine groups is 1. The highest BCUT2D eigenvalue weighted by atomic mass is 35.5. The van der Waals surface area contributed by atoms with Crippen molar-refractivity contribution in [3.8, 4) is 0 Å². The minimum Gasteiger partial charge on any atom is -0.333 e. The number of anilines is 3. The number of nitrogens with zero attached hydrogens (tertiary/aromatic N) is 3. The van der Waals surface area contributed by atoms with Crippen LogP contribution in [-0.4, -0.2) is 14.9 Å². The first-order valence-corrected chi connectivity index (χ1v) is 5.59. The summed E-state index contributed by atoms with van der Waals surface area (Å²) in [6.45, 7) is 0. The van der Waals surface area contributed by atoms with Crippen LogP contribution in [0.15, 0.2) is 24.5 Å². The van der Waals surface area contributed by atoms with Crippen molar-refractivity contribution in [2.24, 2.45) is 5.84 Å². The van der Waals surface area contributed by atoms with Crippen molar-refractivity contribution in [3.63, 3.8) is 0 Å². The average Bonchev–Trinajstić information content (AvgIpc) is 2.41. The normalized spacial score (nSPS) is 10.2. The summed E-state index contributed by atoms with van der Waals surface area (Å²) >= 11 is 5.83. The molecule has 20 heavy (non-hydrogen) atoms. The molecule has 10 heteroatoms. The number of nitrogens with one attached hydrogen (secondary N) is 2. The lowest BCUT2D eigenvalue weighted by atomic mass is 10.3. The van der Waals surface area contributed by atoms with E-state index in [1.165, 1.54) is 6.07 Å². The van der Waals surface area contributed by atoms with Gasteiger partial charge in [0.05, 0.1) is 15.6 Å². The van der Waals surface area contributed by atoms with Gasteiger partial charge in [-0.2, -0.15) is 0 Å². The average molecular weight is 299 g/mol. The molecular formula is C10H8ClFN6O2. The maximum Gasteiger partial charge on any atom is 0.354 e. The van der Waals surface area contributed by atoms with Crippen LogP contribution in [0.2, 0.25) is 5.02 Å². The topological polar surface area (TPSA) is 119 Å². The first-order chi connectivity index (χ1) is 9.52. The molecular weight excluding hydrogens is 291 g/mol. The van der Waals surface area contributed by atoms with Gasteiger partial charge in [0.25, 0.3) is 0 Å². The third kappa shape index (κ3) is 2.73. The van der Waals surface area contributed by atoms with E-state index >= 15 is 0 Å². The summed E-state index contributed by atoms with van der Waals surface area (Å²) in [5.41, 5.74) is 1.91. The fraction of sp³-hybridized carbons (Fsp3) is 0. The molecule has 2 rings (SSSR count). The van der Waals surface area contributed by atoms with Crippen LogP contribution in [-0.2, 0) is 0 Å². The first-order valence-electron chi connectivity index (χ1n) is 5.21. The zero-order valence-electron chi connectivity index (χ0n) is 9.80. The third-order valence-corrected chi connectivity index (χ3v) is 2.64. The van der Waals surface area contributed by atoms with Crippen LogP contribution in [0.1, 0.15) is 0 Å². The highest BCUT2D eigenvalue weighted by Gasteiger charge is 2.23. The van der Waals surface area contributed by atoms with Crippen molar-refractivity contribution >= 4 is 34.6 Å². The number of nitrogens with two attached hydrogens (primary N) is 1. The largest absolute Gasteiger partial charge is 0.354 e. The second kappa shape index (κ2) is 5.63. The Balaban J connectivity index is 2.45. The van der Waals surface area contributed by atoms with E-state index < -0.39 is 16.4 Å². The van der Waals surface area contributed by atoms with Crippen molar-refractivity contribution in [2.45, 2.75) is 0 Å². The molecule has 0 atom stereocenters. The summed E-state index contributed by atoms with van der Waals surface area (Å²) in [5.74, 6) is 4.35. The number of hydrogen-bond donors (Lipinski definition) is 3. The molecule has 0 fully saturated rings. The molecule has 0 unspecified atom stereocenters. The summed E-state index contributed by atoms with van der Waals surface area (Å²) in [6, 6.07) is 3.56. The first kappa shape index (κ1) is 13.9. The number of halogens is 2. The molecule has 1 aromatic heterocycles. The van der Waals surface area contributed by atoms with Gasteiger partial charge in [-0.15, -0.1) is 0 Å². The fourth-order valence-corrected chi connectivity index (χ4v) is 1.68. The van der Waals surface area contributed by atoms with Gasteiger partial charge in [-0.3, -0.25) is 10.1 Å². The van der Waals surface area contributed by atoms with E-state index in [1.807, 2.05) is 0 Å². The van der Waals surface area contributed by atoms with Gasteiger partial charge in [0, 0.05) is 0 Å². The summed E-state index contributed by atoms with van der Waals surface area (Å²) in [7, 11) is 0. The molecule has 4 N–H and O–H groups in total. The molecule has 2 aromatic rings. The molecule has 1 aromatic carbocycles. The lowest BCUT2D eigenvalue weighted by molar-refractivity contribution is -0.383. The van der Waals surface area contributed by atoms with Gasteiger partial charge in [-0.1, -0.05) is 11.6 Å². The Bertz CT molecular complexity index is 668. The molecule has 0 spiro atoms. The highest BCUT2D eigenvalue weighted by molar-refractivity contribution is 6.33. The van der Waals surface area contributed by atoms with Crippen molar-refractivity contribution in [1.29, 1.82) is 0 Å². The predicted octanol–water partition coefficient (Wildman–Crippen LogP) is 2.21. The monoisotopic (exact) mass is 298 g/mol. The van der Waals surface area contributed by atoms with E-state index in [-0.39, 0.29) is 22.3 Å². The van der Waals surface area contributed by atoms with Gasteiger partial charge < -0.3 is 10.7 Å². The van der Waals surface area contributed by atoms with Crippen molar-refractivity contribution in [3.05, 3.63) is 45.5 Å². The lowest BCUT2D eigenvalue weighted by Crippen LogP contribution is -2.12. The van der Waals surface area contributed by atoms with Gasteiger partial charge in [-0.05, 0) is 18.2 Å². The molecule has 0 amide bonds. The maximum absolute atomic E-state index is 12.9. The molecule has 8 nitrogen and oxygen atoms in total. The fourth-order valence-electron chi connectivity index (χ4n) is 1.47. The standard InChI is InChI=1S/C10H8ClFN6O2/c11-6-3-5(12)1-2-7(6)16-9-8(18(19)20)10(17-13)15-4-14-9/h1-4H,13H2,(H2,14,15,16,17). The number of nitrogen functional groups attached to an aromatic ring is 1. The highest BCUT2D eigenvalue weighted by Crippen LogP contribution is 2.32. The molecule has 0 aliphatic heterocycles. The quantitative estimate of drug-likeness (QED) is 0.449. The molecule has 104 valence electrons. The minimum atomic E-state index is -0.699. The van der Waals surface area contributed by atoms with Gasteiger partial charge >= 0.3 is 5.69 Å². The number of benzene rings is 1. The van der Waals surface area contributed by atoms with Crippen LogP contribution in [0.4, 0.5) is 27.4 Å². The summed E-state index contributed by atoms with van der Waals surface area (Å²) in [4.78, 5) is 17.7. The van der Waals surface area contributed by atoms with Crippen molar-refractivity contribution < 1.29 is 9.31 Å². The van der Waals surface area contributed by atoms with Gasteiger partial charge in [0.15, 0.2) is 0 Å². The lowest BCUT2D eigenvalue weighted by Gasteiger charge is -2.09. The predicted molar refractivity (Wildman–Crippen MR) is 71.2 cm³/mol. The molecule has 0 aliphatic rings. The number of aromatic nitrogens is 2. The Kier molecular flexibility index (Phi) is 3.91. The van der Waals surface area contributed by atoms with Crippen molar-refractivity contribution in [2.75, 3.05) is 10.7 Å². The maximum atomic E-state index is 12.9. The Morgan fingerprint density at radius 3 is 2.65 bits per heavy atom. The number of nitro groups is 1. The second-order valence-corrected chi connectivity index (χ2v) is 3.98. The van der Waals surface area contributed by atoms with Gasteiger partial charge in [0.2, 0.25) is 11.6 Å². The van der Waals surface area contributed by atoms with E-state index in [4.69, 9.17) is 17.4 Å². The van der Waals surface area contributed by atoms with Crippen LogP contribution in [0.5, 0.6) is 0 Å². The van der Waals surface area contributed by atoms with Crippen LogP contribution in [0, 0.1) is 15.9 Å². The zero-order valence-corrected chi connectivity index (χ0v) is 10.6. The molecule has 0 aliphatic carbocycles. The van der Waals surface area contributed by atoms with E-state index in [0.717, 1.165) is 18.5 Å². The van der Waals surface area contributed by atoms with Crippen LogP contribution < -0.4 is 16.6 Å². The Morgan fingerprint density at radius 1 is 1.35 bits per heavy atom. The van der Waals surface area contributed by atoms with E-state index in [9.17, 15) is 14.5 Å². The molecule has 0 saturated heterocycles. The van der Waals surface area contributed by atoms with Gasteiger partial charge in [-0.25, -0.2) is 20.2 Å². The summed E-state index contributed by atoms with van der Waals surface area (Å²) in [6.07, 6.45) is 1.09. The smallest absolute Gasteiger partial charge is 0.333 e. The summed E-state index contributed by atoms with van der Waals surface area (Å²) in [5, 5.41) is 13.7. The van der Waals surface area contributed by atoms with Gasteiger partial charge in [0.1, 0.15) is 12.1 Å². The van der Waals surface area contributed by atoms with Crippen molar-refractivity contribution in [1.82, 2.24) is 9.97 Å². The number of hydrogen-bond acceptors (Lipinski definition) is 7. The molecule has 0 radical (unpaired) electrons. The van der Waals surface area contributed by atoms with E-state index in [1.54, 1.807) is 0 Å². The van der Waals surface area contributed by atoms with Crippen LogP contribution in [0.3, 0.4) is 0 Å². The molecule has 0 bridgehead atoms. The molecule has 0 saturated carbocycles. The Labute approximate surface area is 116 Å².